The minimum atomic E-state index is 0.404. The minimum absolute atomic E-state index is 0.404. The van der Waals surface area contributed by atoms with E-state index in [4.69, 9.17) is 5.73 Å². The Bertz CT molecular complexity index is 746. The van der Waals surface area contributed by atoms with Gasteiger partial charge in [0.25, 0.3) is 0 Å². The standard InChI is InChI=1S/C13H14N6/c1-8-5-12-17-18-13(19(12)9(2)16-8)10-3-4-15-11(6-10)7-14/h3-6H,7,14H2,1-2H3. The van der Waals surface area contributed by atoms with E-state index in [9.17, 15) is 0 Å². The van der Waals surface area contributed by atoms with Crippen LogP contribution >= 0.6 is 0 Å². The van der Waals surface area contributed by atoms with Crippen LogP contribution in [0.4, 0.5) is 0 Å². The van der Waals surface area contributed by atoms with E-state index < -0.39 is 0 Å². The zero-order valence-corrected chi connectivity index (χ0v) is 10.8. The average molecular weight is 254 g/mol. The summed E-state index contributed by atoms with van der Waals surface area (Å²) in [5.41, 5.74) is 9.11. The van der Waals surface area contributed by atoms with Gasteiger partial charge in [-0.05, 0) is 26.0 Å². The van der Waals surface area contributed by atoms with Crippen LogP contribution in [0, 0.1) is 13.8 Å². The van der Waals surface area contributed by atoms with Gasteiger partial charge in [-0.1, -0.05) is 0 Å². The molecule has 3 heterocycles. The van der Waals surface area contributed by atoms with Crippen LogP contribution in [0.15, 0.2) is 24.4 Å². The number of nitrogens with zero attached hydrogens (tertiary/aromatic N) is 5. The highest BCUT2D eigenvalue weighted by Crippen LogP contribution is 2.19. The van der Waals surface area contributed by atoms with Gasteiger partial charge in [0.05, 0.1) is 5.69 Å². The van der Waals surface area contributed by atoms with Crippen LogP contribution in [-0.2, 0) is 6.54 Å². The lowest BCUT2D eigenvalue weighted by molar-refractivity contribution is 0.956. The predicted octanol–water partition coefficient (Wildman–Crippen LogP) is 1.26. The maximum Gasteiger partial charge on any atom is 0.169 e. The third kappa shape index (κ3) is 1.96. The predicted molar refractivity (Wildman–Crippen MR) is 71.4 cm³/mol. The van der Waals surface area contributed by atoms with Crippen LogP contribution in [0.1, 0.15) is 17.2 Å². The number of hydrogen-bond acceptors (Lipinski definition) is 5. The van der Waals surface area contributed by atoms with Gasteiger partial charge in [-0.25, -0.2) is 4.98 Å². The fourth-order valence-electron chi connectivity index (χ4n) is 2.15. The zero-order valence-electron chi connectivity index (χ0n) is 10.8. The average Bonchev–Trinajstić information content (AvgIpc) is 2.82. The fraction of sp³-hybridized carbons (Fsp3) is 0.231. The molecule has 0 aromatic carbocycles. The van der Waals surface area contributed by atoms with Gasteiger partial charge in [0.1, 0.15) is 5.82 Å². The van der Waals surface area contributed by atoms with Crippen LogP contribution in [0.25, 0.3) is 17.0 Å². The molecule has 96 valence electrons. The molecule has 0 radical (unpaired) electrons. The quantitative estimate of drug-likeness (QED) is 0.744. The lowest BCUT2D eigenvalue weighted by atomic mass is 10.2. The number of aryl methyl sites for hydroxylation is 2. The molecule has 0 aliphatic carbocycles. The summed E-state index contributed by atoms with van der Waals surface area (Å²) in [5.74, 6) is 1.62. The van der Waals surface area contributed by atoms with Gasteiger partial charge >= 0.3 is 0 Å². The first-order chi connectivity index (χ1) is 9.19. The number of fused-ring (bicyclic) bond motifs is 1. The van der Waals surface area contributed by atoms with Crippen LogP contribution in [-0.4, -0.2) is 24.6 Å². The van der Waals surface area contributed by atoms with Gasteiger partial charge in [0, 0.05) is 30.1 Å². The lowest BCUT2D eigenvalue weighted by Gasteiger charge is -2.05. The number of hydrogen-bond donors (Lipinski definition) is 1. The van der Waals surface area contributed by atoms with Crippen molar-refractivity contribution in [1.82, 2.24) is 24.6 Å². The summed E-state index contributed by atoms with van der Waals surface area (Å²) in [6, 6.07) is 5.74. The Morgan fingerprint density at radius 2 is 2.05 bits per heavy atom. The first-order valence-electron chi connectivity index (χ1n) is 6.04. The van der Waals surface area contributed by atoms with Gasteiger partial charge in [-0.15, -0.1) is 10.2 Å². The van der Waals surface area contributed by atoms with Gasteiger partial charge < -0.3 is 5.73 Å². The van der Waals surface area contributed by atoms with Crippen LogP contribution in [0.5, 0.6) is 0 Å². The summed E-state index contributed by atoms with van der Waals surface area (Å²) < 4.78 is 1.93. The molecule has 0 aliphatic rings. The molecular formula is C13H14N6. The molecule has 3 aromatic rings. The SMILES string of the molecule is Cc1cc2nnc(-c3ccnc(CN)c3)n2c(C)n1. The molecule has 0 unspecified atom stereocenters. The second-order valence-electron chi connectivity index (χ2n) is 4.40. The lowest BCUT2D eigenvalue weighted by Crippen LogP contribution is -2.02. The fourth-order valence-corrected chi connectivity index (χ4v) is 2.15. The van der Waals surface area contributed by atoms with Crippen molar-refractivity contribution in [2.75, 3.05) is 0 Å². The van der Waals surface area contributed by atoms with Crippen molar-refractivity contribution in [3.63, 3.8) is 0 Å². The molecule has 0 saturated heterocycles. The van der Waals surface area contributed by atoms with Crippen LogP contribution < -0.4 is 5.73 Å². The van der Waals surface area contributed by atoms with Crippen molar-refractivity contribution in [3.8, 4) is 11.4 Å². The maximum absolute atomic E-state index is 5.62. The van der Waals surface area contributed by atoms with Crippen LogP contribution in [0.2, 0.25) is 0 Å². The van der Waals surface area contributed by atoms with Crippen molar-refractivity contribution < 1.29 is 0 Å². The normalized spacial score (nSPS) is 11.1. The molecule has 3 aromatic heterocycles. The largest absolute Gasteiger partial charge is 0.325 e. The number of aromatic nitrogens is 5. The Morgan fingerprint density at radius 3 is 2.84 bits per heavy atom. The van der Waals surface area contributed by atoms with E-state index >= 15 is 0 Å². The van der Waals surface area contributed by atoms with E-state index in [1.807, 2.05) is 36.4 Å². The molecule has 0 saturated carbocycles. The Balaban J connectivity index is 2.25. The summed E-state index contributed by atoms with van der Waals surface area (Å²) in [7, 11) is 0. The summed E-state index contributed by atoms with van der Waals surface area (Å²) in [4.78, 5) is 8.63. The van der Waals surface area contributed by atoms with Crippen molar-refractivity contribution >= 4 is 5.65 Å². The molecule has 3 rings (SSSR count). The molecule has 2 N–H and O–H groups in total. The van der Waals surface area contributed by atoms with E-state index in [-0.39, 0.29) is 0 Å². The molecule has 0 fully saturated rings. The Labute approximate surface area is 110 Å². The van der Waals surface area contributed by atoms with Gasteiger partial charge in [-0.3, -0.25) is 9.38 Å². The van der Waals surface area contributed by atoms with Gasteiger partial charge in [-0.2, -0.15) is 0 Å². The highest BCUT2D eigenvalue weighted by molar-refractivity contribution is 5.60. The molecule has 0 amide bonds. The Kier molecular flexibility index (Phi) is 2.72. The molecule has 0 bridgehead atoms. The van der Waals surface area contributed by atoms with Crippen molar-refractivity contribution in [2.24, 2.45) is 5.73 Å². The first-order valence-corrected chi connectivity index (χ1v) is 6.04. The monoisotopic (exact) mass is 254 g/mol. The molecule has 19 heavy (non-hydrogen) atoms. The third-order valence-electron chi connectivity index (χ3n) is 2.97. The number of pyridine rings is 1. The molecule has 0 atom stereocenters. The number of nitrogens with two attached hydrogens (primary N) is 1. The molecule has 6 nitrogen and oxygen atoms in total. The second-order valence-corrected chi connectivity index (χ2v) is 4.40. The van der Waals surface area contributed by atoms with E-state index in [1.54, 1.807) is 6.20 Å². The van der Waals surface area contributed by atoms with E-state index in [1.165, 1.54) is 0 Å². The maximum atomic E-state index is 5.62. The smallest absolute Gasteiger partial charge is 0.169 e. The van der Waals surface area contributed by atoms with E-state index in [0.717, 1.165) is 34.2 Å². The number of rotatable bonds is 2. The Hall–Kier alpha value is -2.34. The topological polar surface area (TPSA) is 82.0 Å². The summed E-state index contributed by atoms with van der Waals surface area (Å²) in [6.07, 6.45) is 1.73. The highest BCUT2D eigenvalue weighted by Gasteiger charge is 2.11. The first kappa shape index (κ1) is 11.7. The van der Waals surface area contributed by atoms with Crippen molar-refractivity contribution in [1.29, 1.82) is 0 Å². The molecule has 0 spiro atoms. The molecular weight excluding hydrogens is 240 g/mol. The molecule has 0 aliphatic heterocycles. The third-order valence-corrected chi connectivity index (χ3v) is 2.97. The summed E-state index contributed by atoms with van der Waals surface area (Å²) >= 11 is 0. The second kappa shape index (κ2) is 4.40. The minimum Gasteiger partial charge on any atom is -0.325 e. The van der Waals surface area contributed by atoms with E-state index in [0.29, 0.717) is 6.54 Å². The zero-order chi connectivity index (χ0) is 13.4. The van der Waals surface area contributed by atoms with Crippen molar-refractivity contribution in [3.05, 3.63) is 41.6 Å². The van der Waals surface area contributed by atoms with Crippen molar-refractivity contribution in [2.45, 2.75) is 20.4 Å². The van der Waals surface area contributed by atoms with Gasteiger partial charge in [0.15, 0.2) is 11.5 Å². The van der Waals surface area contributed by atoms with E-state index in [2.05, 4.69) is 20.2 Å². The Morgan fingerprint density at radius 1 is 1.21 bits per heavy atom. The van der Waals surface area contributed by atoms with Gasteiger partial charge in [0.2, 0.25) is 0 Å². The summed E-state index contributed by atoms with van der Waals surface area (Å²) in [5, 5.41) is 8.44. The molecule has 6 heteroatoms. The van der Waals surface area contributed by atoms with Crippen LogP contribution in [0.3, 0.4) is 0 Å². The highest BCUT2D eigenvalue weighted by atomic mass is 15.3. The summed E-state index contributed by atoms with van der Waals surface area (Å²) in [6.45, 7) is 4.29.